The highest BCUT2D eigenvalue weighted by Crippen LogP contribution is 2.12. The van der Waals surface area contributed by atoms with Crippen molar-refractivity contribution in [2.75, 3.05) is 39.4 Å². The van der Waals surface area contributed by atoms with Crippen molar-refractivity contribution in [1.29, 1.82) is 0 Å². The molecule has 0 radical (unpaired) electrons. The maximum Gasteiger partial charge on any atom is 0.329 e. The molecule has 4 rings (SSSR count). The molecule has 0 spiro atoms. The van der Waals surface area contributed by atoms with Gasteiger partial charge in [0.1, 0.15) is 0 Å². The van der Waals surface area contributed by atoms with Crippen LogP contribution in [0.4, 0.5) is 0 Å². The number of nitrogens with one attached hydrogen (secondary N) is 2. The van der Waals surface area contributed by atoms with E-state index in [0.29, 0.717) is 41.2 Å². The van der Waals surface area contributed by atoms with Gasteiger partial charge in [-0.2, -0.15) is 0 Å². The van der Waals surface area contributed by atoms with Gasteiger partial charge in [-0.25, -0.2) is 4.79 Å². The van der Waals surface area contributed by atoms with E-state index < -0.39 is 11.2 Å². The topological polar surface area (TPSA) is 96.4 Å². The van der Waals surface area contributed by atoms with Crippen LogP contribution in [0.2, 0.25) is 5.02 Å². The molecule has 3 aromatic rings. The van der Waals surface area contributed by atoms with Crippen molar-refractivity contribution < 1.29 is 9.53 Å². The van der Waals surface area contributed by atoms with Gasteiger partial charge in [0.15, 0.2) is 0 Å². The summed E-state index contributed by atoms with van der Waals surface area (Å²) in [5, 5.41) is 3.81. The van der Waals surface area contributed by atoms with Crippen LogP contribution in [0, 0.1) is 0 Å². The fourth-order valence-electron chi connectivity index (χ4n) is 3.57. The summed E-state index contributed by atoms with van der Waals surface area (Å²) in [5.74, 6) is -0.249. The summed E-state index contributed by atoms with van der Waals surface area (Å²) in [4.78, 5) is 42.8. The number of aromatic amines is 1. The molecule has 0 bridgehead atoms. The Kier molecular flexibility index (Phi) is 6.50. The minimum Gasteiger partial charge on any atom is -0.379 e. The van der Waals surface area contributed by atoms with Crippen LogP contribution < -0.4 is 16.6 Å². The lowest BCUT2D eigenvalue weighted by Crippen LogP contribution is -2.41. The highest BCUT2D eigenvalue weighted by molar-refractivity contribution is 6.30. The maximum absolute atomic E-state index is 12.8. The summed E-state index contributed by atoms with van der Waals surface area (Å²) < 4.78 is 6.44. The highest BCUT2D eigenvalue weighted by atomic mass is 35.5. The third-order valence-corrected chi connectivity index (χ3v) is 5.57. The molecule has 0 unspecified atom stereocenters. The lowest BCUT2D eigenvalue weighted by Gasteiger charge is -2.26. The van der Waals surface area contributed by atoms with Gasteiger partial charge in [-0.15, -0.1) is 0 Å². The summed E-state index contributed by atoms with van der Waals surface area (Å²) in [6, 6.07) is 11.7. The first-order valence-corrected chi connectivity index (χ1v) is 10.5. The molecule has 2 heterocycles. The molecule has 1 saturated heterocycles. The SMILES string of the molecule is O=C(NCCN1CCOCC1)c1ccc2c(=O)n(Cc3ccc(Cl)cc3)c(=O)[nH]c2c1. The summed E-state index contributed by atoms with van der Waals surface area (Å²) in [6.45, 7) is 4.52. The first kappa shape index (κ1) is 21.3. The van der Waals surface area contributed by atoms with Gasteiger partial charge >= 0.3 is 5.69 Å². The molecule has 8 nitrogen and oxygen atoms in total. The van der Waals surface area contributed by atoms with E-state index in [2.05, 4.69) is 15.2 Å². The normalized spacial score (nSPS) is 14.6. The van der Waals surface area contributed by atoms with E-state index in [1.54, 1.807) is 36.4 Å². The van der Waals surface area contributed by atoms with E-state index in [1.165, 1.54) is 6.07 Å². The van der Waals surface area contributed by atoms with Crippen molar-refractivity contribution >= 4 is 28.4 Å². The van der Waals surface area contributed by atoms with Crippen molar-refractivity contribution in [2.24, 2.45) is 0 Å². The summed E-state index contributed by atoms with van der Waals surface area (Å²) in [7, 11) is 0. The number of hydrogen-bond donors (Lipinski definition) is 2. The van der Waals surface area contributed by atoms with Crippen LogP contribution in [0.5, 0.6) is 0 Å². The molecule has 0 saturated carbocycles. The minimum absolute atomic E-state index is 0.130. The van der Waals surface area contributed by atoms with E-state index in [0.717, 1.165) is 29.8 Å². The number of H-pyrrole nitrogens is 1. The van der Waals surface area contributed by atoms with Crippen molar-refractivity contribution in [2.45, 2.75) is 6.54 Å². The van der Waals surface area contributed by atoms with Crippen LogP contribution >= 0.6 is 11.6 Å². The third kappa shape index (κ3) is 5.04. The standard InChI is InChI=1S/C22H23ClN4O4/c23-17-4-1-15(2-5-17)14-27-21(29)18-6-3-16(13-19(18)25-22(27)30)20(28)24-7-8-26-9-11-31-12-10-26/h1-6,13H,7-12,14H2,(H,24,28)(H,25,30). The Morgan fingerprint density at radius 3 is 2.58 bits per heavy atom. The molecule has 0 aliphatic carbocycles. The molecule has 31 heavy (non-hydrogen) atoms. The Morgan fingerprint density at radius 2 is 1.84 bits per heavy atom. The van der Waals surface area contributed by atoms with Gasteiger partial charge in [0.05, 0.1) is 30.7 Å². The average Bonchev–Trinajstić information content (AvgIpc) is 2.78. The molecular formula is C22H23ClN4O4. The van der Waals surface area contributed by atoms with Gasteiger partial charge < -0.3 is 15.0 Å². The number of hydrogen-bond acceptors (Lipinski definition) is 5. The molecule has 1 fully saturated rings. The largest absolute Gasteiger partial charge is 0.379 e. The molecule has 0 atom stereocenters. The van der Waals surface area contributed by atoms with Gasteiger partial charge in [0.25, 0.3) is 11.5 Å². The molecule has 1 aliphatic rings. The van der Waals surface area contributed by atoms with Gasteiger partial charge in [-0.1, -0.05) is 23.7 Å². The van der Waals surface area contributed by atoms with Crippen molar-refractivity contribution in [3.8, 4) is 0 Å². The lowest BCUT2D eigenvalue weighted by molar-refractivity contribution is 0.0383. The summed E-state index contributed by atoms with van der Waals surface area (Å²) >= 11 is 5.89. The molecule has 1 aliphatic heterocycles. The zero-order chi connectivity index (χ0) is 21.8. The van der Waals surface area contributed by atoms with E-state index in [9.17, 15) is 14.4 Å². The highest BCUT2D eigenvalue weighted by Gasteiger charge is 2.13. The van der Waals surface area contributed by atoms with Gasteiger partial charge in [0.2, 0.25) is 0 Å². The van der Waals surface area contributed by atoms with Crippen LogP contribution in [0.3, 0.4) is 0 Å². The Morgan fingerprint density at radius 1 is 1.10 bits per heavy atom. The van der Waals surface area contributed by atoms with Crippen LogP contribution in [0.25, 0.3) is 10.9 Å². The number of aromatic nitrogens is 2. The minimum atomic E-state index is -0.530. The van der Waals surface area contributed by atoms with Crippen molar-refractivity contribution in [3.63, 3.8) is 0 Å². The lowest BCUT2D eigenvalue weighted by atomic mass is 10.1. The fourth-order valence-corrected chi connectivity index (χ4v) is 3.69. The Labute approximate surface area is 183 Å². The number of fused-ring (bicyclic) bond motifs is 1. The number of amides is 1. The first-order chi connectivity index (χ1) is 15.0. The third-order valence-electron chi connectivity index (χ3n) is 5.32. The van der Waals surface area contributed by atoms with E-state index >= 15 is 0 Å². The second kappa shape index (κ2) is 9.47. The van der Waals surface area contributed by atoms with Crippen molar-refractivity contribution in [1.82, 2.24) is 19.8 Å². The fraction of sp³-hybridized carbons (Fsp3) is 0.318. The average molecular weight is 443 g/mol. The molecule has 2 aromatic carbocycles. The quantitative estimate of drug-likeness (QED) is 0.602. The number of morpholine rings is 1. The Bertz CT molecular complexity index is 1200. The maximum atomic E-state index is 12.8. The predicted octanol–water partition coefficient (Wildman–Crippen LogP) is 1.45. The Balaban J connectivity index is 1.50. The number of ether oxygens (including phenoxy) is 1. The van der Waals surface area contributed by atoms with Gasteiger partial charge in [-0.05, 0) is 35.9 Å². The molecular weight excluding hydrogens is 420 g/mol. The van der Waals surface area contributed by atoms with Crippen molar-refractivity contribution in [3.05, 3.63) is 79.5 Å². The van der Waals surface area contributed by atoms with Crippen LogP contribution in [0.1, 0.15) is 15.9 Å². The van der Waals surface area contributed by atoms with Crippen LogP contribution in [-0.2, 0) is 11.3 Å². The second-order valence-electron chi connectivity index (χ2n) is 7.42. The van der Waals surface area contributed by atoms with Crippen LogP contribution in [0.15, 0.2) is 52.1 Å². The number of carbonyl (C=O) groups is 1. The van der Waals surface area contributed by atoms with Gasteiger partial charge in [0, 0.05) is 36.8 Å². The number of rotatable bonds is 6. The zero-order valence-corrected chi connectivity index (χ0v) is 17.7. The number of halogens is 1. The monoisotopic (exact) mass is 442 g/mol. The van der Waals surface area contributed by atoms with Gasteiger partial charge in [-0.3, -0.25) is 19.1 Å². The molecule has 1 amide bonds. The summed E-state index contributed by atoms with van der Waals surface area (Å²) in [6.07, 6.45) is 0. The van der Waals surface area contributed by atoms with Crippen LogP contribution in [-0.4, -0.2) is 59.8 Å². The molecule has 9 heteroatoms. The number of nitrogens with zero attached hydrogens (tertiary/aromatic N) is 2. The smallest absolute Gasteiger partial charge is 0.329 e. The van der Waals surface area contributed by atoms with E-state index in [1.807, 2.05) is 0 Å². The second-order valence-corrected chi connectivity index (χ2v) is 7.85. The van der Waals surface area contributed by atoms with E-state index in [-0.39, 0.29) is 12.5 Å². The Hall–Kier alpha value is -2.94. The number of carbonyl (C=O) groups excluding carboxylic acids is 1. The number of benzene rings is 2. The predicted molar refractivity (Wildman–Crippen MR) is 119 cm³/mol. The van der Waals surface area contributed by atoms with E-state index in [4.69, 9.17) is 16.3 Å². The summed E-state index contributed by atoms with van der Waals surface area (Å²) in [5.41, 5.74) is 0.570. The zero-order valence-electron chi connectivity index (χ0n) is 16.9. The molecule has 162 valence electrons. The molecule has 1 aromatic heterocycles. The molecule has 2 N–H and O–H groups in total. The first-order valence-electron chi connectivity index (χ1n) is 10.1.